The van der Waals surface area contributed by atoms with Crippen molar-refractivity contribution in [3.8, 4) is 0 Å². The summed E-state index contributed by atoms with van der Waals surface area (Å²) in [6.45, 7) is 0.950. The highest BCUT2D eigenvalue weighted by Crippen LogP contribution is 2.25. The van der Waals surface area contributed by atoms with Crippen LogP contribution in [0.3, 0.4) is 0 Å². The molecule has 94 valence electrons. The minimum absolute atomic E-state index is 0.522. The summed E-state index contributed by atoms with van der Waals surface area (Å²) in [7, 11) is -0.669. The fourth-order valence-electron chi connectivity index (χ4n) is 2.31. The summed E-state index contributed by atoms with van der Waals surface area (Å²) in [4.78, 5) is 0. The molecule has 0 saturated carbocycles. The molecule has 1 N–H and O–H groups in total. The molecule has 1 aromatic carbocycles. The van der Waals surface area contributed by atoms with Crippen molar-refractivity contribution >= 4 is 22.4 Å². The second-order valence-corrected chi connectivity index (χ2v) is 6.59. The molecule has 2 unspecified atom stereocenters. The van der Waals surface area contributed by atoms with Crippen molar-refractivity contribution in [2.24, 2.45) is 0 Å². The van der Waals surface area contributed by atoms with E-state index in [4.69, 9.17) is 11.6 Å². The van der Waals surface area contributed by atoms with Gasteiger partial charge in [0.2, 0.25) is 0 Å². The summed E-state index contributed by atoms with van der Waals surface area (Å²) in [6, 6.07) is 6.68. The van der Waals surface area contributed by atoms with E-state index in [1.54, 1.807) is 6.26 Å². The highest BCUT2D eigenvalue weighted by molar-refractivity contribution is 7.84. The van der Waals surface area contributed by atoms with Gasteiger partial charge in [-0.2, -0.15) is 0 Å². The Kier molecular flexibility index (Phi) is 4.60. The fraction of sp³-hybridized carbons (Fsp3) is 0.538. The van der Waals surface area contributed by atoms with Crippen LogP contribution in [-0.2, 0) is 23.6 Å². The van der Waals surface area contributed by atoms with Crippen LogP contribution in [0, 0.1) is 0 Å². The first-order valence-electron chi connectivity index (χ1n) is 5.96. The second-order valence-electron chi connectivity index (χ2n) is 4.60. The van der Waals surface area contributed by atoms with E-state index in [2.05, 4.69) is 17.4 Å². The minimum Gasteiger partial charge on any atom is -0.313 e. The van der Waals surface area contributed by atoms with Crippen molar-refractivity contribution in [1.82, 2.24) is 5.32 Å². The second kappa shape index (κ2) is 5.98. The van der Waals surface area contributed by atoms with Gasteiger partial charge in [0.15, 0.2) is 0 Å². The molecule has 0 fully saturated rings. The van der Waals surface area contributed by atoms with Gasteiger partial charge in [0.1, 0.15) is 0 Å². The minimum atomic E-state index is -0.669. The predicted octanol–water partition coefficient (Wildman–Crippen LogP) is 2.17. The Hall–Kier alpha value is -0.380. The van der Waals surface area contributed by atoms with Gasteiger partial charge in [-0.25, -0.2) is 0 Å². The van der Waals surface area contributed by atoms with Crippen LogP contribution in [0.4, 0.5) is 0 Å². The smallest absolute Gasteiger partial charge is 0.0408 e. The van der Waals surface area contributed by atoms with Gasteiger partial charge in [-0.1, -0.05) is 17.7 Å². The largest absolute Gasteiger partial charge is 0.313 e. The van der Waals surface area contributed by atoms with Crippen molar-refractivity contribution in [2.45, 2.75) is 25.3 Å². The van der Waals surface area contributed by atoms with Crippen LogP contribution in [0.25, 0.3) is 0 Å². The van der Waals surface area contributed by atoms with E-state index in [1.807, 2.05) is 6.07 Å². The maximum Gasteiger partial charge on any atom is 0.0408 e. The first kappa shape index (κ1) is 13.1. The highest BCUT2D eigenvalue weighted by atomic mass is 35.5. The van der Waals surface area contributed by atoms with Crippen LogP contribution in [0.15, 0.2) is 18.2 Å². The summed E-state index contributed by atoms with van der Waals surface area (Å²) in [5.41, 5.74) is 2.78. The van der Waals surface area contributed by atoms with E-state index in [1.165, 1.54) is 11.1 Å². The molecule has 1 aliphatic rings. The van der Waals surface area contributed by atoms with Crippen LogP contribution in [0.2, 0.25) is 5.02 Å². The molecule has 0 heterocycles. The van der Waals surface area contributed by atoms with Gasteiger partial charge in [-0.05, 0) is 49.1 Å². The number of nitrogens with one attached hydrogen (secondary N) is 1. The zero-order chi connectivity index (χ0) is 12.3. The molecular formula is C13H18ClNOS. The molecule has 0 aliphatic heterocycles. The van der Waals surface area contributed by atoms with E-state index in [0.717, 1.165) is 36.6 Å². The first-order chi connectivity index (χ1) is 8.15. The number of hydrogen-bond donors (Lipinski definition) is 1. The molecule has 4 heteroatoms. The summed E-state index contributed by atoms with van der Waals surface area (Å²) in [5, 5.41) is 4.35. The lowest BCUT2D eigenvalue weighted by Crippen LogP contribution is -2.30. The van der Waals surface area contributed by atoms with Crippen molar-refractivity contribution in [1.29, 1.82) is 0 Å². The maximum absolute atomic E-state index is 10.9. The van der Waals surface area contributed by atoms with Crippen molar-refractivity contribution < 1.29 is 4.21 Å². The number of hydrogen-bond acceptors (Lipinski definition) is 2. The summed E-state index contributed by atoms with van der Waals surface area (Å²) >= 11 is 5.98. The lowest BCUT2D eigenvalue weighted by atomic mass is 10.1. The molecule has 1 aromatic rings. The van der Waals surface area contributed by atoms with E-state index in [-0.39, 0.29) is 0 Å². The van der Waals surface area contributed by atoms with Gasteiger partial charge in [0.05, 0.1) is 0 Å². The van der Waals surface area contributed by atoms with Crippen LogP contribution in [0.5, 0.6) is 0 Å². The molecule has 0 bridgehead atoms. The average Bonchev–Trinajstić information content (AvgIpc) is 2.66. The molecule has 2 atom stereocenters. The van der Waals surface area contributed by atoms with E-state index < -0.39 is 10.8 Å². The Bertz CT molecular complexity index is 422. The first-order valence-corrected chi connectivity index (χ1v) is 8.06. The zero-order valence-electron chi connectivity index (χ0n) is 10.0. The Morgan fingerprint density at radius 2 is 2.18 bits per heavy atom. The third-order valence-corrected chi connectivity index (χ3v) is 4.24. The number of rotatable bonds is 5. The van der Waals surface area contributed by atoms with E-state index in [0.29, 0.717) is 6.04 Å². The lowest BCUT2D eigenvalue weighted by molar-refractivity contribution is 0.532. The maximum atomic E-state index is 10.9. The van der Waals surface area contributed by atoms with E-state index in [9.17, 15) is 4.21 Å². The molecule has 0 amide bonds. The Morgan fingerprint density at radius 3 is 2.94 bits per heavy atom. The molecule has 17 heavy (non-hydrogen) atoms. The predicted molar refractivity (Wildman–Crippen MR) is 74.2 cm³/mol. The van der Waals surface area contributed by atoms with Gasteiger partial charge >= 0.3 is 0 Å². The van der Waals surface area contributed by atoms with Gasteiger partial charge in [-0.15, -0.1) is 0 Å². The molecule has 0 saturated heterocycles. The van der Waals surface area contributed by atoms with Crippen LogP contribution < -0.4 is 5.32 Å². The summed E-state index contributed by atoms with van der Waals surface area (Å²) in [6.07, 6.45) is 4.89. The number of fused-ring (bicyclic) bond motifs is 1. The molecule has 0 aromatic heterocycles. The SMILES string of the molecule is CS(=O)CCCNC1Cc2ccc(Cl)cc2C1. The Balaban J connectivity index is 1.78. The van der Waals surface area contributed by atoms with Gasteiger partial charge in [0, 0.05) is 33.9 Å². The van der Waals surface area contributed by atoms with Crippen LogP contribution in [-0.4, -0.2) is 28.8 Å². The Morgan fingerprint density at radius 1 is 1.41 bits per heavy atom. The lowest BCUT2D eigenvalue weighted by Gasteiger charge is -2.10. The summed E-state index contributed by atoms with van der Waals surface area (Å²) in [5.74, 6) is 0.790. The van der Waals surface area contributed by atoms with E-state index >= 15 is 0 Å². The standard InChI is InChI=1S/C13H18ClNOS/c1-17(16)6-2-5-15-13-8-10-3-4-12(14)7-11(10)9-13/h3-4,7,13,15H,2,5-6,8-9H2,1H3. The normalized spacial score (nSPS) is 20.2. The Labute approximate surface area is 110 Å². The molecule has 2 rings (SSSR count). The molecule has 1 aliphatic carbocycles. The summed E-state index contributed by atoms with van der Waals surface area (Å²) < 4.78 is 10.9. The topological polar surface area (TPSA) is 29.1 Å². The van der Waals surface area contributed by atoms with Crippen molar-refractivity contribution in [3.63, 3.8) is 0 Å². The van der Waals surface area contributed by atoms with Gasteiger partial charge < -0.3 is 5.32 Å². The highest BCUT2D eigenvalue weighted by Gasteiger charge is 2.20. The molecule has 2 nitrogen and oxygen atoms in total. The van der Waals surface area contributed by atoms with Crippen molar-refractivity contribution in [3.05, 3.63) is 34.3 Å². The number of benzene rings is 1. The van der Waals surface area contributed by atoms with Crippen LogP contribution >= 0.6 is 11.6 Å². The molecule has 0 radical (unpaired) electrons. The van der Waals surface area contributed by atoms with Crippen molar-refractivity contribution in [2.75, 3.05) is 18.6 Å². The zero-order valence-corrected chi connectivity index (χ0v) is 11.6. The van der Waals surface area contributed by atoms with Crippen LogP contribution in [0.1, 0.15) is 17.5 Å². The molecule has 0 spiro atoms. The monoisotopic (exact) mass is 271 g/mol. The van der Waals surface area contributed by atoms with Gasteiger partial charge in [0.25, 0.3) is 0 Å². The third-order valence-electron chi connectivity index (χ3n) is 3.14. The fourth-order valence-corrected chi connectivity index (χ4v) is 3.06. The van der Waals surface area contributed by atoms with Gasteiger partial charge in [-0.3, -0.25) is 4.21 Å². The average molecular weight is 272 g/mol. The number of halogens is 1. The molecular weight excluding hydrogens is 254 g/mol. The third kappa shape index (κ3) is 3.80. The quantitative estimate of drug-likeness (QED) is 0.832.